The van der Waals surface area contributed by atoms with Gasteiger partial charge in [0.25, 0.3) is 5.76 Å². The summed E-state index contributed by atoms with van der Waals surface area (Å²) in [6, 6.07) is 6.60. The lowest BCUT2D eigenvalue weighted by atomic mass is 10.2. The molecule has 0 aliphatic carbocycles. The molecule has 1 nitrogen and oxygen atoms in total. The van der Waals surface area contributed by atoms with Crippen molar-refractivity contribution in [1.29, 1.82) is 0 Å². The first-order chi connectivity index (χ1) is 6.09. The average molecular weight is 269 g/mol. The number of benzene rings is 1. The molecule has 0 aromatic heterocycles. The third-order valence-electron chi connectivity index (χ3n) is 1.30. The SMILES string of the molecule is OC(=[SH]C(F)F)c1cccc(Br)c1. The van der Waals surface area contributed by atoms with Gasteiger partial charge in [-0.2, -0.15) is 8.78 Å². The van der Waals surface area contributed by atoms with Gasteiger partial charge in [0.15, 0.2) is 0 Å². The van der Waals surface area contributed by atoms with E-state index in [1.807, 2.05) is 0 Å². The molecule has 0 fully saturated rings. The molecule has 5 heteroatoms. The van der Waals surface area contributed by atoms with E-state index in [1.165, 1.54) is 0 Å². The molecule has 0 unspecified atom stereocenters. The van der Waals surface area contributed by atoms with Gasteiger partial charge in [0, 0.05) is 10.0 Å². The molecule has 0 amide bonds. The summed E-state index contributed by atoms with van der Waals surface area (Å²) in [5.74, 6) is -2.54. The van der Waals surface area contributed by atoms with Crippen molar-refractivity contribution in [2.24, 2.45) is 0 Å². The second kappa shape index (κ2) is 4.83. The van der Waals surface area contributed by atoms with Crippen LogP contribution in [0.5, 0.6) is 0 Å². The molecule has 0 saturated heterocycles. The summed E-state index contributed by atoms with van der Waals surface area (Å²) in [7, 11) is 0. The van der Waals surface area contributed by atoms with E-state index in [1.54, 1.807) is 24.3 Å². The van der Waals surface area contributed by atoms with Crippen molar-refractivity contribution in [3.8, 4) is 0 Å². The van der Waals surface area contributed by atoms with Crippen molar-refractivity contribution in [2.75, 3.05) is 0 Å². The van der Waals surface area contributed by atoms with Crippen molar-refractivity contribution in [1.82, 2.24) is 0 Å². The van der Waals surface area contributed by atoms with E-state index in [0.29, 0.717) is 5.56 Å². The van der Waals surface area contributed by atoms with E-state index in [2.05, 4.69) is 15.9 Å². The van der Waals surface area contributed by atoms with Crippen LogP contribution in [0.3, 0.4) is 0 Å². The Morgan fingerprint density at radius 2 is 2.15 bits per heavy atom. The van der Waals surface area contributed by atoms with Crippen molar-refractivity contribution in [2.45, 2.75) is 5.76 Å². The zero-order chi connectivity index (χ0) is 9.84. The number of thiol groups is 1. The second-order valence-corrected chi connectivity index (χ2v) is 4.23. The number of alkyl halides is 2. The summed E-state index contributed by atoms with van der Waals surface area (Å²) in [6.07, 6.45) is 0. The van der Waals surface area contributed by atoms with Crippen LogP contribution in [0.2, 0.25) is 0 Å². The van der Waals surface area contributed by atoms with Crippen LogP contribution in [0.25, 0.3) is 0 Å². The van der Waals surface area contributed by atoms with Gasteiger partial charge < -0.3 is 5.11 Å². The molecule has 0 spiro atoms. The van der Waals surface area contributed by atoms with Crippen LogP contribution >= 0.6 is 27.3 Å². The van der Waals surface area contributed by atoms with Crippen LogP contribution in [0, 0.1) is 0 Å². The minimum absolute atomic E-state index is 0.309. The van der Waals surface area contributed by atoms with Gasteiger partial charge in [0.2, 0.25) is 0 Å². The highest BCUT2D eigenvalue weighted by atomic mass is 79.9. The Balaban J connectivity index is 2.95. The Kier molecular flexibility index (Phi) is 4.02. The molecule has 0 saturated carbocycles. The lowest BCUT2D eigenvalue weighted by molar-refractivity contribution is 0.254. The molecule has 1 aromatic rings. The minimum Gasteiger partial charge on any atom is -0.355 e. The van der Waals surface area contributed by atoms with Crippen LogP contribution in [0.15, 0.2) is 28.7 Å². The van der Waals surface area contributed by atoms with Crippen molar-refractivity contribution in [3.63, 3.8) is 0 Å². The number of aliphatic hydroxyl groups is 1. The first-order valence-electron chi connectivity index (χ1n) is 3.40. The van der Waals surface area contributed by atoms with Gasteiger partial charge in [-0.25, -0.2) is 0 Å². The monoisotopic (exact) mass is 268 g/mol. The molecule has 0 atom stereocenters. The summed E-state index contributed by atoms with van der Waals surface area (Å²) in [5, 5.41) is 8.91. The maximum atomic E-state index is 11.9. The predicted molar refractivity (Wildman–Crippen MR) is 55.9 cm³/mol. The van der Waals surface area contributed by atoms with Crippen LogP contribution in [0.4, 0.5) is 8.78 Å². The van der Waals surface area contributed by atoms with Gasteiger partial charge in [-0.15, -0.1) is 11.4 Å². The maximum absolute atomic E-state index is 11.9. The zero-order valence-electron chi connectivity index (χ0n) is 6.42. The third-order valence-corrected chi connectivity index (χ3v) is 2.49. The number of rotatable bonds is 2. The smallest absolute Gasteiger partial charge is 0.279 e. The highest BCUT2D eigenvalue weighted by molar-refractivity contribution is 9.10. The molecule has 0 aliphatic heterocycles. The van der Waals surface area contributed by atoms with Crippen LogP contribution in [0.1, 0.15) is 5.56 Å². The third kappa shape index (κ3) is 3.54. The Hall–Kier alpha value is -0.260. The van der Waals surface area contributed by atoms with Gasteiger partial charge in [-0.05, 0) is 12.1 Å². The van der Waals surface area contributed by atoms with Gasteiger partial charge >= 0.3 is 0 Å². The quantitative estimate of drug-likeness (QED) is 0.624. The average Bonchev–Trinajstić information content (AvgIpc) is 2.03. The van der Waals surface area contributed by atoms with E-state index < -0.39 is 5.76 Å². The molecular formula is C8H7BrF2OS. The lowest BCUT2D eigenvalue weighted by Gasteiger charge is -2.00. The summed E-state index contributed by atoms with van der Waals surface area (Å²) in [6.45, 7) is 0. The van der Waals surface area contributed by atoms with Crippen molar-refractivity contribution in [3.05, 3.63) is 34.3 Å². The lowest BCUT2D eigenvalue weighted by Crippen LogP contribution is -1.97. The maximum Gasteiger partial charge on any atom is 0.279 e. The predicted octanol–water partition coefficient (Wildman–Crippen LogP) is 3.17. The summed E-state index contributed by atoms with van der Waals surface area (Å²) in [5.41, 5.74) is 0.413. The molecule has 0 bridgehead atoms. The number of aliphatic hydroxyl groups excluding tert-OH is 1. The first kappa shape index (κ1) is 10.8. The van der Waals surface area contributed by atoms with Crippen LogP contribution in [-0.2, 0) is 0 Å². The standard InChI is InChI=1S/C8H7BrF2OS/c9-6-3-1-2-5(4-6)7(12)13-8(10)11/h1-4,8,12-13H. The Labute approximate surface area is 86.5 Å². The molecule has 72 valence electrons. The van der Waals surface area contributed by atoms with E-state index in [-0.39, 0.29) is 16.4 Å². The first-order valence-corrected chi connectivity index (χ1v) is 5.16. The fraction of sp³-hybridized carbons (Fsp3) is 0.125. The Morgan fingerprint density at radius 3 is 2.69 bits per heavy atom. The summed E-state index contributed by atoms with van der Waals surface area (Å²) in [4.78, 5) is 0. The number of halogens is 3. The highest BCUT2D eigenvalue weighted by Crippen LogP contribution is 2.15. The molecule has 1 rings (SSSR count). The minimum atomic E-state index is -2.54. The van der Waals surface area contributed by atoms with Gasteiger partial charge in [0.1, 0.15) is 5.05 Å². The van der Waals surface area contributed by atoms with Crippen molar-refractivity contribution >= 4 is 32.3 Å². The molecule has 0 aliphatic rings. The fourth-order valence-corrected chi connectivity index (χ4v) is 1.67. The Bertz CT molecular complexity index is 328. The van der Waals surface area contributed by atoms with E-state index >= 15 is 0 Å². The van der Waals surface area contributed by atoms with Gasteiger partial charge in [-0.3, -0.25) is 0 Å². The van der Waals surface area contributed by atoms with E-state index in [9.17, 15) is 13.9 Å². The highest BCUT2D eigenvalue weighted by Gasteiger charge is 2.02. The Morgan fingerprint density at radius 1 is 1.46 bits per heavy atom. The summed E-state index contributed by atoms with van der Waals surface area (Å²) < 4.78 is 24.5. The van der Waals surface area contributed by atoms with Crippen LogP contribution in [-0.4, -0.2) is 15.9 Å². The second-order valence-electron chi connectivity index (χ2n) is 2.24. The molecular weight excluding hydrogens is 262 g/mol. The molecule has 1 aromatic carbocycles. The fourth-order valence-electron chi connectivity index (χ4n) is 0.795. The van der Waals surface area contributed by atoms with E-state index in [0.717, 1.165) is 4.47 Å². The van der Waals surface area contributed by atoms with Crippen LogP contribution < -0.4 is 0 Å². The molecule has 13 heavy (non-hydrogen) atoms. The molecule has 1 N–H and O–H groups in total. The van der Waals surface area contributed by atoms with Gasteiger partial charge in [-0.1, -0.05) is 28.1 Å². The van der Waals surface area contributed by atoms with Crippen molar-refractivity contribution < 1.29 is 13.9 Å². The molecule has 0 heterocycles. The topological polar surface area (TPSA) is 20.2 Å². The molecule has 0 radical (unpaired) electrons. The van der Waals surface area contributed by atoms with E-state index in [4.69, 9.17) is 0 Å². The normalized spacial score (nSPS) is 12.8. The number of hydrogen-bond acceptors (Lipinski definition) is 0. The zero-order valence-corrected chi connectivity index (χ0v) is 8.90. The number of hydrogen-bond donors (Lipinski definition) is 2. The van der Waals surface area contributed by atoms with Gasteiger partial charge in [0.05, 0.1) is 0 Å². The largest absolute Gasteiger partial charge is 0.355 e. The summed E-state index contributed by atoms with van der Waals surface area (Å²) >= 11 is 2.83.